The van der Waals surface area contributed by atoms with E-state index < -0.39 is 6.61 Å². The summed E-state index contributed by atoms with van der Waals surface area (Å²) in [6.07, 6.45) is 1.36. The van der Waals surface area contributed by atoms with Crippen molar-refractivity contribution in [1.29, 1.82) is 0 Å². The van der Waals surface area contributed by atoms with Gasteiger partial charge in [-0.2, -0.15) is 18.6 Å². The van der Waals surface area contributed by atoms with E-state index in [1.807, 2.05) is 0 Å². The van der Waals surface area contributed by atoms with E-state index in [-0.39, 0.29) is 22.1 Å². The molecule has 2 heterocycles. The number of methoxy groups -OCH3 is 1. The highest BCUT2D eigenvalue weighted by molar-refractivity contribution is 7.16. The third-order valence-corrected chi connectivity index (χ3v) is 4.51. The van der Waals surface area contributed by atoms with Gasteiger partial charge >= 0.3 is 6.61 Å². The monoisotopic (exact) mass is 399 g/mol. The van der Waals surface area contributed by atoms with Gasteiger partial charge in [-0.15, -0.1) is 11.3 Å². The van der Waals surface area contributed by atoms with E-state index in [0.717, 1.165) is 4.68 Å². The van der Waals surface area contributed by atoms with Gasteiger partial charge in [0.05, 0.1) is 23.7 Å². The molecule has 0 amide bonds. The maximum atomic E-state index is 12.5. The van der Waals surface area contributed by atoms with Gasteiger partial charge in [-0.3, -0.25) is 4.79 Å². The minimum atomic E-state index is -3.04. The number of benzene rings is 1. The summed E-state index contributed by atoms with van der Waals surface area (Å²) in [6.45, 7) is -1.38. The Bertz CT molecular complexity index is 1050. The summed E-state index contributed by atoms with van der Waals surface area (Å²) in [5, 5.41) is 6.31. The minimum absolute atomic E-state index is 0.0229. The molecule has 0 radical (unpaired) electrons. The van der Waals surface area contributed by atoms with Crippen molar-refractivity contribution in [2.45, 2.75) is 13.5 Å². The van der Waals surface area contributed by atoms with Gasteiger partial charge < -0.3 is 9.47 Å². The molecule has 0 aliphatic heterocycles. The molecule has 1 aromatic carbocycles. The average Bonchev–Trinajstić information content (AvgIpc) is 3.04. The molecular weight excluding hydrogens is 388 g/mol. The molecular formula is C16H12ClF2N3O3S. The maximum absolute atomic E-state index is 12.5. The number of aryl methyl sites for hydroxylation is 1. The molecule has 6 nitrogen and oxygen atoms in total. The van der Waals surface area contributed by atoms with Crippen LogP contribution in [0.4, 0.5) is 8.78 Å². The molecule has 3 rings (SSSR count). The number of nitrogens with zero attached hydrogens (tertiary/aromatic N) is 3. The van der Waals surface area contributed by atoms with Crippen LogP contribution >= 0.6 is 22.9 Å². The highest BCUT2D eigenvalue weighted by Crippen LogP contribution is 2.37. The number of hydrogen-bond donors (Lipinski definition) is 0. The summed E-state index contributed by atoms with van der Waals surface area (Å²) in [6, 6.07) is 4.48. The molecule has 0 saturated carbocycles. The summed E-state index contributed by atoms with van der Waals surface area (Å²) in [7, 11) is 1.30. The van der Waals surface area contributed by atoms with Crippen LogP contribution in [0.3, 0.4) is 0 Å². The molecule has 0 spiro atoms. The van der Waals surface area contributed by atoms with Crippen LogP contribution < -0.4 is 15.0 Å². The number of hydrogen-bond acceptors (Lipinski definition) is 6. The average molecular weight is 400 g/mol. The van der Waals surface area contributed by atoms with Crippen LogP contribution in [-0.2, 0) is 0 Å². The Kier molecular flexibility index (Phi) is 5.19. The first kappa shape index (κ1) is 18.3. The molecule has 0 aliphatic carbocycles. The highest BCUT2D eigenvalue weighted by Gasteiger charge is 2.16. The van der Waals surface area contributed by atoms with Crippen LogP contribution in [0.25, 0.3) is 10.2 Å². The summed E-state index contributed by atoms with van der Waals surface area (Å²) in [4.78, 5) is 17.4. The zero-order valence-electron chi connectivity index (χ0n) is 13.6. The van der Waals surface area contributed by atoms with Gasteiger partial charge in [0.2, 0.25) is 0 Å². The van der Waals surface area contributed by atoms with Gasteiger partial charge in [-0.1, -0.05) is 11.6 Å². The first-order chi connectivity index (χ1) is 12.4. The number of alkyl halides is 2. The van der Waals surface area contributed by atoms with Crippen LogP contribution in [0.2, 0.25) is 5.02 Å². The van der Waals surface area contributed by atoms with E-state index in [0.29, 0.717) is 21.6 Å². The molecule has 0 bridgehead atoms. The first-order valence-electron chi connectivity index (χ1n) is 7.24. The molecule has 26 heavy (non-hydrogen) atoms. The number of fused-ring (bicyclic) bond motifs is 1. The summed E-state index contributed by atoms with van der Waals surface area (Å²) < 4.78 is 35.5. The van der Waals surface area contributed by atoms with E-state index in [4.69, 9.17) is 16.3 Å². The maximum Gasteiger partial charge on any atom is 0.387 e. The molecule has 0 fully saturated rings. The molecule has 0 aliphatic rings. The quantitative estimate of drug-likeness (QED) is 0.610. The molecule has 10 heteroatoms. The van der Waals surface area contributed by atoms with Crippen LogP contribution in [-0.4, -0.2) is 29.6 Å². The van der Waals surface area contributed by atoms with Crippen molar-refractivity contribution < 1.29 is 18.3 Å². The Hall–Kier alpha value is -2.52. The second-order valence-corrected chi connectivity index (χ2v) is 6.37. The molecule has 2 aromatic heterocycles. The van der Waals surface area contributed by atoms with Crippen molar-refractivity contribution in [2.75, 3.05) is 7.11 Å². The van der Waals surface area contributed by atoms with Gasteiger partial charge in [-0.05, 0) is 36.1 Å². The van der Waals surface area contributed by atoms with Gasteiger partial charge in [0, 0.05) is 0 Å². The van der Waals surface area contributed by atoms with E-state index in [2.05, 4.69) is 14.8 Å². The molecule has 0 atom stereocenters. The summed E-state index contributed by atoms with van der Waals surface area (Å²) in [5.41, 5.74) is 0.130. The van der Waals surface area contributed by atoms with Crippen molar-refractivity contribution >= 4 is 39.4 Å². The van der Waals surface area contributed by atoms with E-state index >= 15 is 0 Å². The fourth-order valence-electron chi connectivity index (χ4n) is 2.28. The highest BCUT2D eigenvalue weighted by atomic mass is 35.5. The second kappa shape index (κ2) is 7.38. The first-order valence-corrected chi connectivity index (χ1v) is 8.50. The van der Waals surface area contributed by atoms with Gasteiger partial charge in [0.25, 0.3) is 5.56 Å². The van der Waals surface area contributed by atoms with Crippen LogP contribution in [0.1, 0.15) is 11.4 Å². The number of thiophene rings is 1. The molecule has 0 saturated heterocycles. The zero-order chi connectivity index (χ0) is 18.8. The predicted octanol–water partition coefficient (Wildman–Crippen LogP) is 3.91. The van der Waals surface area contributed by atoms with E-state index in [1.165, 1.54) is 36.8 Å². The van der Waals surface area contributed by atoms with Crippen molar-refractivity contribution in [3.05, 3.63) is 50.3 Å². The smallest absolute Gasteiger partial charge is 0.387 e. The number of aromatic nitrogens is 2. The van der Waals surface area contributed by atoms with Crippen molar-refractivity contribution in [2.24, 2.45) is 5.10 Å². The Morgan fingerprint density at radius 1 is 1.42 bits per heavy atom. The largest absolute Gasteiger partial charge is 0.493 e. The fraction of sp³-hybridized carbons (Fsp3) is 0.188. The van der Waals surface area contributed by atoms with Crippen LogP contribution in [0.15, 0.2) is 33.5 Å². The lowest BCUT2D eigenvalue weighted by Gasteiger charge is -2.12. The minimum Gasteiger partial charge on any atom is -0.493 e. The lowest BCUT2D eigenvalue weighted by molar-refractivity contribution is -0.0511. The normalized spacial score (nSPS) is 11.6. The van der Waals surface area contributed by atoms with E-state index in [1.54, 1.807) is 18.4 Å². The van der Waals surface area contributed by atoms with Crippen molar-refractivity contribution in [1.82, 2.24) is 9.66 Å². The van der Waals surface area contributed by atoms with E-state index in [9.17, 15) is 13.6 Å². The summed E-state index contributed by atoms with van der Waals surface area (Å²) in [5.74, 6) is 0.169. The number of ether oxygens (including phenoxy) is 2. The molecule has 3 aromatic rings. The van der Waals surface area contributed by atoms with Gasteiger partial charge in [0.1, 0.15) is 10.7 Å². The Morgan fingerprint density at radius 2 is 2.19 bits per heavy atom. The predicted molar refractivity (Wildman–Crippen MR) is 96.2 cm³/mol. The zero-order valence-corrected chi connectivity index (χ0v) is 15.1. The Morgan fingerprint density at radius 3 is 2.88 bits per heavy atom. The Labute approximate surface area is 155 Å². The standard InChI is InChI=1S/C16H12ClF2N3O3S/c1-8-21-14-10(3-4-26-14)15(23)22(8)20-7-9-5-11(17)13(25-16(18)19)12(6-9)24-2/h3-7,16H,1-2H3. The van der Waals surface area contributed by atoms with Gasteiger partial charge in [0.15, 0.2) is 11.5 Å². The Balaban J connectivity index is 2.01. The third kappa shape index (κ3) is 3.54. The van der Waals surface area contributed by atoms with Crippen LogP contribution in [0.5, 0.6) is 11.5 Å². The lowest BCUT2D eigenvalue weighted by Crippen LogP contribution is -2.19. The SMILES string of the molecule is COc1cc(C=Nn2c(C)nc3sccc3c2=O)cc(Cl)c1OC(F)F. The molecule has 0 unspecified atom stereocenters. The van der Waals surface area contributed by atoms with Crippen molar-refractivity contribution in [3.63, 3.8) is 0 Å². The fourth-order valence-corrected chi connectivity index (χ4v) is 3.35. The molecule has 0 N–H and O–H groups in total. The lowest BCUT2D eigenvalue weighted by atomic mass is 10.2. The summed E-state index contributed by atoms with van der Waals surface area (Å²) >= 11 is 7.35. The second-order valence-electron chi connectivity index (χ2n) is 5.07. The molecule has 136 valence electrons. The van der Waals surface area contributed by atoms with Crippen LogP contribution in [0, 0.1) is 6.92 Å². The third-order valence-electron chi connectivity index (χ3n) is 3.42. The number of halogens is 3. The topological polar surface area (TPSA) is 65.7 Å². The van der Waals surface area contributed by atoms with Gasteiger partial charge in [-0.25, -0.2) is 4.98 Å². The van der Waals surface area contributed by atoms with Crippen molar-refractivity contribution in [3.8, 4) is 11.5 Å². The number of rotatable bonds is 5.